The van der Waals surface area contributed by atoms with Crippen LogP contribution >= 0.6 is 0 Å². The van der Waals surface area contributed by atoms with Gasteiger partial charge in [0.1, 0.15) is 6.10 Å². The number of nitrogens with one attached hydrogen (secondary N) is 1. The molecule has 2 atom stereocenters. The zero-order valence-electron chi connectivity index (χ0n) is 13.4. The molecule has 0 aliphatic carbocycles. The highest BCUT2D eigenvalue weighted by Crippen LogP contribution is 2.21. The highest BCUT2D eigenvalue weighted by atomic mass is 32.2. The Labute approximate surface area is 142 Å². The molecule has 24 heavy (non-hydrogen) atoms. The third-order valence-electron chi connectivity index (χ3n) is 4.29. The first-order valence-corrected chi connectivity index (χ1v) is 9.60. The van der Waals surface area contributed by atoms with Crippen molar-refractivity contribution < 1.29 is 22.7 Å². The minimum Gasteiger partial charge on any atom is -0.375 e. The van der Waals surface area contributed by atoms with E-state index in [1.54, 1.807) is 23.1 Å². The zero-order valence-corrected chi connectivity index (χ0v) is 14.2. The maximum atomic E-state index is 12.3. The quantitative estimate of drug-likeness (QED) is 0.826. The van der Waals surface area contributed by atoms with E-state index in [4.69, 9.17) is 9.47 Å². The van der Waals surface area contributed by atoms with Gasteiger partial charge in [-0.25, -0.2) is 13.1 Å². The van der Waals surface area contributed by atoms with Gasteiger partial charge in [0.2, 0.25) is 15.9 Å². The molecule has 1 aromatic carbocycles. The second-order valence-electron chi connectivity index (χ2n) is 5.94. The molecule has 3 rings (SSSR count). The number of benzene rings is 1. The van der Waals surface area contributed by atoms with Gasteiger partial charge in [0.05, 0.1) is 24.2 Å². The maximum absolute atomic E-state index is 12.3. The molecule has 0 bridgehead atoms. The molecular formula is C16H22N2O5S. The third kappa shape index (κ3) is 4.13. The Hall–Kier alpha value is -1.48. The molecule has 0 spiro atoms. The van der Waals surface area contributed by atoms with E-state index in [1.165, 1.54) is 12.1 Å². The van der Waals surface area contributed by atoms with Crippen LogP contribution < -0.4 is 4.72 Å². The second-order valence-corrected chi connectivity index (χ2v) is 7.71. The van der Waals surface area contributed by atoms with E-state index < -0.39 is 10.0 Å². The average molecular weight is 354 g/mol. The van der Waals surface area contributed by atoms with E-state index >= 15 is 0 Å². The highest BCUT2D eigenvalue weighted by molar-refractivity contribution is 7.89. The van der Waals surface area contributed by atoms with Crippen molar-refractivity contribution in [3.05, 3.63) is 30.3 Å². The lowest BCUT2D eigenvalue weighted by Gasteiger charge is -2.35. The van der Waals surface area contributed by atoms with Gasteiger partial charge in [-0.3, -0.25) is 4.79 Å². The molecule has 2 fully saturated rings. The van der Waals surface area contributed by atoms with E-state index in [2.05, 4.69) is 4.72 Å². The standard InChI is InChI=1S/C16H22N2O5S/c19-16(11-17-24(20,21)13-5-2-1-3-6-13)18-8-10-23-15(12-18)14-7-4-9-22-14/h1-3,5-6,14-15,17H,4,7-12H2. The van der Waals surface area contributed by atoms with E-state index in [1.807, 2.05) is 0 Å². The van der Waals surface area contributed by atoms with Crippen LogP contribution in [0, 0.1) is 0 Å². The van der Waals surface area contributed by atoms with E-state index in [-0.39, 0.29) is 29.6 Å². The molecule has 0 saturated carbocycles. The number of ether oxygens (including phenoxy) is 2. The number of nitrogens with zero attached hydrogens (tertiary/aromatic N) is 1. The highest BCUT2D eigenvalue weighted by Gasteiger charge is 2.33. The number of hydrogen-bond acceptors (Lipinski definition) is 5. The number of rotatable bonds is 5. The fourth-order valence-electron chi connectivity index (χ4n) is 2.97. The van der Waals surface area contributed by atoms with Crippen molar-refractivity contribution in [3.63, 3.8) is 0 Å². The summed E-state index contributed by atoms with van der Waals surface area (Å²) in [4.78, 5) is 14.1. The Morgan fingerprint density at radius 1 is 1.17 bits per heavy atom. The summed E-state index contributed by atoms with van der Waals surface area (Å²) in [5.74, 6) is -0.249. The number of carbonyl (C=O) groups excluding carboxylic acids is 1. The molecule has 132 valence electrons. The summed E-state index contributed by atoms with van der Waals surface area (Å²) in [5.41, 5.74) is 0. The second kappa shape index (κ2) is 7.60. The molecule has 1 N–H and O–H groups in total. The summed E-state index contributed by atoms with van der Waals surface area (Å²) in [7, 11) is -3.68. The van der Waals surface area contributed by atoms with Gasteiger partial charge in [-0.1, -0.05) is 18.2 Å². The first-order valence-electron chi connectivity index (χ1n) is 8.12. The third-order valence-corrected chi connectivity index (χ3v) is 5.71. The van der Waals surface area contributed by atoms with Crippen LogP contribution in [0.15, 0.2) is 35.2 Å². The SMILES string of the molecule is O=C(CNS(=O)(=O)c1ccccc1)N1CCOC(C2CCCO2)C1. The smallest absolute Gasteiger partial charge is 0.241 e. The van der Waals surface area contributed by atoms with Crippen LogP contribution in [0.5, 0.6) is 0 Å². The fraction of sp³-hybridized carbons (Fsp3) is 0.562. The molecule has 8 heteroatoms. The number of carbonyl (C=O) groups is 1. The number of sulfonamides is 1. The maximum Gasteiger partial charge on any atom is 0.241 e. The number of amides is 1. The largest absolute Gasteiger partial charge is 0.375 e. The lowest BCUT2D eigenvalue weighted by Crippen LogP contribution is -2.52. The molecule has 1 amide bonds. The van der Waals surface area contributed by atoms with Gasteiger partial charge >= 0.3 is 0 Å². The van der Waals surface area contributed by atoms with Crippen LogP contribution in [0.25, 0.3) is 0 Å². The fourth-order valence-corrected chi connectivity index (χ4v) is 3.97. The van der Waals surface area contributed by atoms with Gasteiger partial charge in [0.25, 0.3) is 0 Å². The van der Waals surface area contributed by atoms with Crippen LogP contribution in [0.1, 0.15) is 12.8 Å². The Bertz CT molecular complexity index is 658. The van der Waals surface area contributed by atoms with Crippen molar-refractivity contribution in [2.75, 3.05) is 32.8 Å². The minimum atomic E-state index is -3.68. The summed E-state index contributed by atoms with van der Waals surface area (Å²) in [6.45, 7) is 1.83. The van der Waals surface area contributed by atoms with Gasteiger partial charge < -0.3 is 14.4 Å². The Morgan fingerprint density at radius 2 is 1.92 bits per heavy atom. The van der Waals surface area contributed by atoms with E-state index in [9.17, 15) is 13.2 Å². The molecule has 2 aliphatic heterocycles. The molecule has 2 unspecified atom stereocenters. The van der Waals surface area contributed by atoms with Crippen LogP contribution in [0.3, 0.4) is 0 Å². The summed E-state index contributed by atoms with van der Waals surface area (Å²) >= 11 is 0. The summed E-state index contributed by atoms with van der Waals surface area (Å²) in [5, 5.41) is 0. The molecule has 2 saturated heterocycles. The molecule has 2 aliphatic rings. The molecular weight excluding hydrogens is 332 g/mol. The summed E-state index contributed by atoms with van der Waals surface area (Å²) in [6.07, 6.45) is 1.85. The predicted molar refractivity (Wildman–Crippen MR) is 86.9 cm³/mol. The van der Waals surface area contributed by atoms with E-state index in [0.29, 0.717) is 19.7 Å². The zero-order chi connectivity index (χ0) is 17.0. The first kappa shape index (κ1) is 17.3. The summed E-state index contributed by atoms with van der Waals surface area (Å²) < 4.78 is 38.0. The van der Waals surface area contributed by atoms with Crippen LogP contribution in [0.4, 0.5) is 0 Å². The van der Waals surface area contributed by atoms with Gasteiger partial charge in [0.15, 0.2) is 0 Å². The number of morpholine rings is 1. The topological polar surface area (TPSA) is 84.9 Å². The minimum absolute atomic E-state index is 0.0293. The van der Waals surface area contributed by atoms with E-state index in [0.717, 1.165) is 19.4 Å². The molecule has 7 nitrogen and oxygen atoms in total. The van der Waals surface area contributed by atoms with Gasteiger partial charge in [-0.05, 0) is 25.0 Å². The van der Waals surface area contributed by atoms with Crippen molar-refractivity contribution in [1.29, 1.82) is 0 Å². The van der Waals surface area contributed by atoms with Crippen molar-refractivity contribution in [1.82, 2.24) is 9.62 Å². The molecule has 0 radical (unpaired) electrons. The number of hydrogen-bond donors (Lipinski definition) is 1. The molecule has 0 aromatic heterocycles. The monoisotopic (exact) mass is 354 g/mol. The van der Waals surface area contributed by atoms with Gasteiger partial charge in [-0.2, -0.15) is 0 Å². The van der Waals surface area contributed by atoms with Crippen molar-refractivity contribution in [3.8, 4) is 0 Å². The molecule has 2 heterocycles. The average Bonchev–Trinajstić information content (AvgIpc) is 3.15. The first-order chi connectivity index (χ1) is 11.6. The van der Waals surface area contributed by atoms with Crippen molar-refractivity contribution in [2.24, 2.45) is 0 Å². The Balaban J connectivity index is 1.54. The van der Waals surface area contributed by atoms with Gasteiger partial charge in [0, 0.05) is 19.7 Å². The van der Waals surface area contributed by atoms with Crippen molar-refractivity contribution in [2.45, 2.75) is 29.9 Å². The lowest BCUT2D eigenvalue weighted by atomic mass is 10.1. The van der Waals surface area contributed by atoms with Gasteiger partial charge in [-0.15, -0.1) is 0 Å². The van der Waals surface area contributed by atoms with Crippen LogP contribution in [-0.4, -0.2) is 64.3 Å². The van der Waals surface area contributed by atoms with Crippen molar-refractivity contribution >= 4 is 15.9 Å². The Kier molecular flexibility index (Phi) is 5.50. The molecule has 1 aromatic rings. The predicted octanol–water partition coefficient (Wildman–Crippen LogP) is 0.371. The summed E-state index contributed by atoms with van der Waals surface area (Å²) in [6, 6.07) is 8.02. The van der Waals surface area contributed by atoms with Crippen LogP contribution in [-0.2, 0) is 24.3 Å². The van der Waals surface area contributed by atoms with Crippen LogP contribution in [0.2, 0.25) is 0 Å². The normalized spacial score (nSPS) is 24.9. The lowest BCUT2D eigenvalue weighted by molar-refractivity contribution is -0.143. The Morgan fingerprint density at radius 3 is 2.62 bits per heavy atom.